The maximum Gasteiger partial charge on any atom is 0.305 e. The highest BCUT2D eigenvalue weighted by atomic mass is 16.5. The molecular weight excluding hydrogens is 542 g/mol. The molecular formula is C40H81NO3. The maximum absolute atomic E-state index is 11.4. The molecule has 1 amide bonds. The Balaban J connectivity index is 0. The summed E-state index contributed by atoms with van der Waals surface area (Å²) in [6, 6.07) is 0. The summed E-state index contributed by atoms with van der Waals surface area (Å²) in [5.74, 6) is -0.155. The van der Waals surface area contributed by atoms with E-state index in [0.717, 1.165) is 25.7 Å². The summed E-state index contributed by atoms with van der Waals surface area (Å²) in [7, 11) is 0. The van der Waals surface area contributed by atoms with Crippen LogP contribution in [-0.4, -0.2) is 18.5 Å². The lowest BCUT2D eigenvalue weighted by Gasteiger charge is -2.04. The number of ether oxygens (including phenoxy) is 1. The van der Waals surface area contributed by atoms with Crippen LogP contribution in [0.25, 0.3) is 0 Å². The Morgan fingerprint density at radius 3 is 0.886 bits per heavy atom. The maximum atomic E-state index is 11.4. The van der Waals surface area contributed by atoms with Crippen molar-refractivity contribution in [3.05, 3.63) is 0 Å². The molecule has 0 aromatic carbocycles. The number of unbranched alkanes of at least 4 members (excludes halogenated alkanes) is 29. The monoisotopic (exact) mass is 624 g/mol. The highest BCUT2D eigenvalue weighted by Gasteiger charge is 2.02. The molecule has 0 unspecified atom stereocenters. The Morgan fingerprint density at radius 1 is 0.364 bits per heavy atom. The van der Waals surface area contributed by atoms with E-state index < -0.39 is 0 Å². The van der Waals surface area contributed by atoms with Crippen molar-refractivity contribution >= 4 is 11.9 Å². The van der Waals surface area contributed by atoms with Gasteiger partial charge in [-0.05, 0) is 19.3 Å². The summed E-state index contributed by atoms with van der Waals surface area (Å²) in [4.78, 5) is 22.0. The van der Waals surface area contributed by atoms with Crippen LogP contribution in [0.15, 0.2) is 0 Å². The summed E-state index contributed by atoms with van der Waals surface area (Å²) in [6.07, 6.45) is 44.0. The van der Waals surface area contributed by atoms with Gasteiger partial charge in [0.2, 0.25) is 5.91 Å². The lowest BCUT2D eigenvalue weighted by atomic mass is 10.0. The van der Waals surface area contributed by atoms with Crippen molar-refractivity contribution in [2.24, 2.45) is 5.73 Å². The fraction of sp³-hybridized carbons (Fsp3) is 0.950. The molecule has 0 spiro atoms. The third kappa shape index (κ3) is 45.4. The van der Waals surface area contributed by atoms with Crippen molar-refractivity contribution in [3.8, 4) is 0 Å². The zero-order chi connectivity index (χ0) is 32.6. The van der Waals surface area contributed by atoms with Gasteiger partial charge in [-0.2, -0.15) is 0 Å². The molecule has 0 fully saturated rings. The summed E-state index contributed by atoms with van der Waals surface area (Å²) < 4.78 is 5.16. The lowest BCUT2D eigenvalue weighted by Crippen LogP contribution is -2.09. The molecule has 0 rings (SSSR count). The van der Waals surface area contributed by atoms with E-state index in [-0.39, 0.29) is 11.9 Å². The van der Waals surface area contributed by atoms with Gasteiger partial charge in [0.15, 0.2) is 0 Å². The van der Waals surface area contributed by atoms with Gasteiger partial charge in [-0.3, -0.25) is 9.59 Å². The first kappa shape index (κ1) is 45.1. The quantitative estimate of drug-likeness (QED) is 0.0564. The van der Waals surface area contributed by atoms with Crippen LogP contribution >= 0.6 is 0 Å². The number of carbonyl (C=O) groups is 2. The highest BCUT2D eigenvalue weighted by molar-refractivity contribution is 5.73. The first-order valence-corrected chi connectivity index (χ1v) is 20.0. The van der Waals surface area contributed by atoms with Gasteiger partial charge in [-0.15, -0.1) is 0 Å². The largest absolute Gasteiger partial charge is 0.466 e. The number of rotatable bonds is 35. The van der Waals surface area contributed by atoms with E-state index >= 15 is 0 Å². The van der Waals surface area contributed by atoms with E-state index in [1.807, 2.05) is 0 Å². The van der Waals surface area contributed by atoms with Crippen molar-refractivity contribution in [3.63, 3.8) is 0 Å². The molecule has 0 radical (unpaired) electrons. The van der Waals surface area contributed by atoms with Crippen molar-refractivity contribution in [1.29, 1.82) is 0 Å². The molecule has 0 aromatic rings. The predicted molar refractivity (Wildman–Crippen MR) is 194 cm³/mol. The molecule has 4 heteroatoms. The molecule has 0 saturated heterocycles. The predicted octanol–water partition coefficient (Wildman–Crippen LogP) is 13.3. The van der Waals surface area contributed by atoms with Crippen molar-refractivity contribution < 1.29 is 14.3 Å². The number of amides is 1. The van der Waals surface area contributed by atoms with E-state index in [2.05, 4.69) is 20.8 Å². The van der Waals surface area contributed by atoms with Gasteiger partial charge in [-0.1, -0.05) is 207 Å². The van der Waals surface area contributed by atoms with E-state index in [4.69, 9.17) is 10.5 Å². The summed E-state index contributed by atoms with van der Waals surface area (Å²) in [6.45, 7) is 7.27. The minimum atomic E-state index is -0.153. The molecule has 0 aliphatic carbocycles. The Morgan fingerprint density at radius 2 is 0.614 bits per heavy atom. The summed E-state index contributed by atoms with van der Waals surface area (Å²) in [5.41, 5.74) is 5.11. The zero-order valence-corrected chi connectivity index (χ0v) is 30.6. The van der Waals surface area contributed by atoms with Crippen molar-refractivity contribution in [2.45, 2.75) is 239 Å². The average Bonchev–Trinajstić information content (AvgIpc) is 3.01. The molecule has 44 heavy (non-hydrogen) atoms. The summed E-state index contributed by atoms with van der Waals surface area (Å²) >= 11 is 0. The Kier molecular flexibility index (Phi) is 43.0. The third-order valence-corrected chi connectivity index (χ3v) is 8.77. The van der Waals surface area contributed by atoms with E-state index in [0.29, 0.717) is 19.4 Å². The van der Waals surface area contributed by atoms with Crippen LogP contribution in [0.1, 0.15) is 239 Å². The number of primary amides is 1. The molecule has 0 aromatic heterocycles. The van der Waals surface area contributed by atoms with E-state index in [1.54, 1.807) is 0 Å². The number of nitrogens with two attached hydrogens (primary N) is 1. The molecule has 0 aliphatic heterocycles. The number of carbonyl (C=O) groups excluding carboxylic acids is 2. The van der Waals surface area contributed by atoms with Gasteiger partial charge in [0.25, 0.3) is 0 Å². The van der Waals surface area contributed by atoms with Crippen LogP contribution < -0.4 is 5.73 Å². The van der Waals surface area contributed by atoms with Crippen LogP contribution in [0.5, 0.6) is 0 Å². The van der Waals surface area contributed by atoms with Crippen LogP contribution in [0.4, 0.5) is 0 Å². The molecule has 0 aliphatic rings. The smallest absolute Gasteiger partial charge is 0.305 e. The average molecular weight is 624 g/mol. The Hall–Kier alpha value is -1.06. The van der Waals surface area contributed by atoms with Crippen LogP contribution in [-0.2, 0) is 14.3 Å². The molecule has 2 N–H and O–H groups in total. The molecule has 0 saturated carbocycles. The normalized spacial score (nSPS) is 10.9. The fourth-order valence-corrected chi connectivity index (χ4v) is 5.71. The van der Waals surface area contributed by atoms with Crippen LogP contribution in [0.2, 0.25) is 0 Å². The Bertz CT molecular complexity index is 551. The first-order chi connectivity index (χ1) is 21.6. The number of esters is 1. The SMILES string of the molecule is CCCCCCCCCCCCCCCCCC(=O)OCCCC.CCCCCCCCCCCCCCCCCC(N)=O. The molecule has 4 nitrogen and oxygen atoms in total. The van der Waals surface area contributed by atoms with Crippen molar-refractivity contribution in [1.82, 2.24) is 0 Å². The van der Waals surface area contributed by atoms with Gasteiger partial charge >= 0.3 is 5.97 Å². The molecule has 0 bridgehead atoms. The second-order valence-electron chi connectivity index (χ2n) is 13.4. The third-order valence-electron chi connectivity index (χ3n) is 8.77. The molecule has 0 heterocycles. The standard InChI is InChI=1S/C22H44O2.C18H37NO/c1-3-5-7-8-9-10-11-12-13-14-15-16-17-18-19-20-22(23)24-21-6-4-2;1-2-3-4-5-6-7-8-9-10-11-12-13-14-15-16-17-18(19)20/h3-21H2,1-2H3;2-17H2,1H3,(H2,19,20). The molecule has 264 valence electrons. The fourth-order valence-electron chi connectivity index (χ4n) is 5.71. The van der Waals surface area contributed by atoms with Gasteiger partial charge in [0, 0.05) is 12.8 Å². The summed E-state index contributed by atoms with van der Waals surface area (Å²) in [5, 5.41) is 0. The van der Waals surface area contributed by atoms with Gasteiger partial charge < -0.3 is 10.5 Å². The second-order valence-corrected chi connectivity index (χ2v) is 13.4. The van der Waals surface area contributed by atoms with Gasteiger partial charge in [0.05, 0.1) is 6.61 Å². The number of hydrogen-bond donors (Lipinski definition) is 1. The zero-order valence-electron chi connectivity index (χ0n) is 30.6. The van der Waals surface area contributed by atoms with Crippen molar-refractivity contribution in [2.75, 3.05) is 6.61 Å². The van der Waals surface area contributed by atoms with E-state index in [9.17, 15) is 9.59 Å². The number of hydrogen-bond acceptors (Lipinski definition) is 3. The topological polar surface area (TPSA) is 69.4 Å². The van der Waals surface area contributed by atoms with Crippen LogP contribution in [0, 0.1) is 0 Å². The lowest BCUT2D eigenvalue weighted by molar-refractivity contribution is -0.143. The van der Waals surface area contributed by atoms with Gasteiger partial charge in [0.1, 0.15) is 0 Å². The Labute approximate surface area is 277 Å². The van der Waals surface area contributed by atoms with E-state index in [1.165, 1.54) is 180 Å². The minimum Gasteiger partial charge on any atom is -0.466 e. The molecule has 0 atom stereocenters. The first-order valence-electron chi connectivity index (χ1n) is 20.0. The minimum absolute atomic E-state index is 0.00172. The van der Waals surface area contributed by atoms with Gasteiger partial charge in [-0.25, -0.2) is 0 Å². The van der Waals surface area contributed by atoms with Crippen LogP contribution in [0.3, 0.4) is 0 Å². The second kappa shape index (κ2) is 41.9. The highest BCUT2D eigenvalue weighted by Crippen LogP contribution is 2.15.